The molecule has 0 aromatic carbocycles. The van der Waals surface area contributed by atoms with Crippen LogP contribution in [0.3, 0.4) is 0 Å². The summed E-state index contributed by atoms with van der Waals surface area (Å²) in [5.41, 5.74) is 0. The molecule has 0 aliphatic heterocycles. The molecule has 0 aromatic rings. The Hall–Kier alpha value is 1.82. The van der Waals surface area contributed by atoms with E-state index in [1.807, 2.05) is 6.92 Å². The van der Waals surface area contributed by atoms with Crippen molar-refractivity contribution in [2.75, 3.05) is 5.75 Å². The van der Waals surface area contributed by atoms with E-state index in [1.54, 1.807) is 0 Å². The summed E-state index contributed by atoms with van der Waals surface area (Å²) in [6, 6.07) is 0. The van der Waals surface area contributed by atoms with Crippen molar-refractivity contribution < 1.29 is 85.1 Å². The smallest absolute Gasteiger partial charge is 0.748 e. The molecule has 0 rings (SSSR count). The van der Waals surface area contributed by atoms with Crippen LogP contribution in [0.5, 0.6) is 0 Å². The minimum Gasteiger partial charge on any atom is -0.748 e. The van der Waals surface area contributed by atoms with Crippen molar-refractivity contribution in [2.24, 2.45) is 0 Å². The van der Waals surface area contributed by atoms with Crippen LogP contribution < -0.4 is 59.1 Å². The fourth-order valence-corrected chi connectivity index (χ4v) is 3.40. The molecule has 0 radical (unpaired) electrons. The number of unbranched alkanes of at least 4 members (excludes halogenated alkanes) is 2. The normalized spacial score (nSPS) is 13.4. The molecule has 0 spiro atoms. The number of rotatable bonds is 7. The summed E-state index contributed by atoms with van der Waals surface area (Å²) in [6.45, 7) is 1.88. The van der Waals surface area contributed by atoms with E-state index in [9.17, 15) is 25.9 Å². The summed E-state index contributed by atoms with van der Waals surface area (Å²) in [7, 11) is -9.38. The predicted molar refractivity (Wildman–Crippen MR) is 52.2 cm³/mol. The van der Waals surface area contributed by atoms with Gasteiger partial charge in [0, 0.05) is 0 Å². The summed E-state index contributed by atoms with van der Waals surface area (Å²) >= 11 is 0. The zero-order chi connectivity index (χ0) is 12.1. The Balaban J connectivity index is -0.000000980. The second kappa shape index (κ2) is 10.6. The Morgan fingerprint density at radius 1 is 1.00 bits per heavy atom. The van der Waals surface area contributed by atoms with Crippen LogP contribution >= 0.6 is 0 Å². The van der Waals surface area contributed by atoms with Gasteiger partial charge in [0.2, 0.25) is 0 Å². The molecule has 1 unspecified atom stereocenters. The van der Waals surface area contributed by atoms with E-state index in [2.05, 4.69) is 0 Å². The molecule has 0 fully saturated rings. The van der Waals surface area contributed by atoms with Crippen LogP contribution in [0, 0.1) is 0 Å². The van der Waals surface area contributed by atoms with Gasteiger partial charge in [-0.3, -0.25) is 0 Å². The molecule has 0 saturated carbocycles. The van der Waals surface area contributed by atoms with Gasteiger partial charge in [0.25, 0.3) is 0 Å². The van der Waals surface area contributed by atoms with E-state index >= 15 is 0 Å². The second-order valence-electron chi connectivity index (χ2n) is 3.33. The zero-order valence-corrected chi connectivity index (χ0v) is 16.0. The van der Waals surface area contributed by atoms with E-state index in [-0.39, 0.29) is 65.5 Å². The van der Waals surface area contributed by atoms with E-state index in [0.717, 1.165) is 6.42 Å². The molecule has 0 bridgehead atoms. The Morgan fingerprint density at radius 2 is 1.47 bits per heavy atom. The van der Waals surface area contributed by atoms with Crippen molar-refractivity contribution in [3.8, 4) is 0 Å². The van der Waals surface area contributed by atoms with Crippen molar-refractivity contribution in [2.45, 2.75) is 37.9 Å². The molecule has 0 aromatic heterocycles. The average molecular weight is 304 g/mol. The molecule has 0 saturated heterocycles. The Morgan fingerprint density at radius 3 is 1.76 bits per heavy atom. The molecule has 0 amide bonds. The van der Waals surface area contributed by atoms with Crippen molar-refractivity contribution in [1.29, 1.82) is 0 Å². The van der Waals surface area contributed by atoms with E-state index in [1.165, 1.54) is 0 Å². The van der Waals surface area contributed by atoms with Crippen molar-refractivity contribution in [1.82, 2.24) is 0 Å². The quantitative estimate of drug-likeness (QED) is 0.263. The van der Waals surface area contributed by atoms with E-state index < -0.39 is 31.2 Å². The fraction of sp³-hybridized carbons (Fsp3) is 1.00. The van der Waals surface area contributed by atoms with Crippen molar-refractivity contribution in [3.63, 3.8) is 0 Å². The van der Waals surface area contributed by atoms with Crippen molar-refractivity contribution in [3.05, 3.63) is 0 Å². The van der Waals surface area contributed by atoms with Crippen LogP contribution in [-0.4, -0.2) is 36.9 Å². The molecule has 10 heteroatoms. The molecule has 17 heavy (non-hydrogen) atoms. The van der Waals surface area contributed by atoms with Crippen LogP contribution in [0.2, 0.25) is 0 Å². The van der Waals surface area contributed by atoms with Gasteiger partial charge in [0.15, 0.2) is 0 Å². The van der Waals surface area contributed by atoms with Crippen LogP contribution in [0.4, 0.5) is 0 Å². The van der Waals surface area contributed by atoms with Gasteiger partial charge >= 0.3 is 59.1 Å². The van der Waals surface area contributed by atoms with Crippen LogP contribution in [0.1, 0.15) is 32.6 Å². The van der Waals surface area contributed by atoms with Gasteiger partial charge in [0.05, 0.1) is 31.2 Å². The summed E-state index contributed by atoms with van der Waals surface area (Å²) in [6.07, 6.45) is 1.87. The molecular formula is C7H14Na2O6S2. The molecular weight excluding hydrogens is 290 g/mol. The van der Waals surface area contributed by atoms with Crippen LogP contribution in [0.25, 0.3) is 0 Å². The third kappa shape index (κ3) is 14.0. The second-order valence-corrected chi connectivity index (χ2v) is 6.44. The van der Waals surface area contributed by atoms with E-state index in [4.69, 9.17) is 0 Å². The first-order valence-corrected chi connectivity index (χ1v) is 7.60. The zero-order valence-electron chi connectivity index (χ0n) is 10.4. The minimum atomic E-state index is -4.71. The molecule has 0 aliphatic rings. The Kier molecular flexibility index (Phi) is 14.9. The largest absolute Gasteiger partial charge is 1.00 e. The summed E-state index contributed by atoms with van der Waals surface area (Å²) < 4.78 is 63.0. The maximum absolute atomic E-state index is 10.6. The molecule has 0 N–H and O–H groups in total. The number of hydrogen-bond acceptors (Lipinski definition) is 6. The first-order valence-electron chi connectivity index (χ1n) is 4.55. The van der Waals surface area contributed by atoms with Crippen LogP contribution in [-0.2, 0) is 20.2 Å². The van der Waals surface area contributed by atoms with Gasteiger partial charge in [-0.2, -0.15) is 0 Å². The summed E-state index contributed by atoms with van der Waals surface area (Å²) in [5, 5.41) is -1.61. The van der Waals surface area contributed by atoms with Gasteiger partial charge < -0.3 is 9.11 Å². The molecule has 0 aliphatic carbocycles. The first kappa shape index (κ1) is 23.9. The van der Waals surface area contributed by atoms with Gasteiger partial charge in [-0.05, 0) is 6.42 Å². The van der Waals surface area contributed by atoms with Gasteiger partial charge in [-0.1, -0.05) is 26.2 Å². The topological polar surface area (TPSA) is 114 Å². The average Bonchev–Trinajstić information content (AvgIpc) is 1.99. The Labute approximate surface area is 147 Å². The summed E-state index contributed by atoms with van der Waals surface area (Å²) in [4.78, 5) is 0. The third-order valence-corrected chi connectivity index (χ3v) is 4.17. The van der Waals surface area contributed by atoms with Crippen molar-refractivity contribution >= 4 is 20.2 Å². The van der Waals surface area contributed by atoms with Gasteiger partial charge in [-0.25, -0.2) is 16.8 Å². The summed E-state index contributed by atoms with van der Waals surface area (Å²) in [5.74, 6) is -1.12. The minimum absolute atomic E-state index is 0. The Bertz CT molecular complexity index is 377. The SMILES string of the molecule is CCCCCC(CS(=O)(=O)[O-])S(=O)(=O)[O-].[Na+].[Na+]. The fourth-order valence-electron chi connectivity index (χ4n) is 1.16. The maximum atomic E-state index is 10.6. The number of hydrogen-bond donors (Lipinski definition) is 0. The first-order chi connectivity index (χ1) is 6.67. The third-order valence-electron chi connectivity index (χ3n) is 1.93. The maximum Gasteiger partial charge on any atom is 1.00 e. The molecule has 1 atom stereocenters. The monoisotopic (exact) mass is 304 g/mol. The van der Waals surface area contributed by atoms with Crippen LogP contribution in [0.15, 0.2) is 0 Å². The standard InChI is InChI=1S/C7H16O6S2.2Na/c1-2-3-4-5-7(15(11,12)13)6-14(8,9)10;;/h7H,2-6H2,1H3,(H,8,9,10)(H,11,12,13);;/q;2*+1/p-2. The predicted octanol–water partition coefficient (Wildman–Crippen LogP) is -5.97. The molecule has 6 nitrogen and oxygen atoms in total. The van der Waals surface area contributed by atoms with Gasteiger partial charge in [0.1, 0.15) is 0 Å². The van der Waals surface area contributed by atoms with Gasteiger partial charge in [-0.15, -0.1) is 0 Å². The van der Waals surface area contributed by atoms with E-state index in [0.29, 0.717) is 12.8 Å². The molecule has 92 valence electrons. The molecule has 0 heterocycles.